The first-order chi connectivity index (χ1) is 9.22. The zero-order valence-corrected chi connectivity index (χ0v) is 13.6. The number of rotatable bonds is 5. The maximum atomic E-state index is 3.67. The highest BCUT2D eigenvalue weighted by molar-refractivity contribution is 14.1. The van der Waals surface area contributed by atoms with E-state index < -0.39 is 0 Å². The molecule has 1 atom stereocenters. The van der Waals surface area contributed by atoms with E-state index in [1.165, 1.54) is 20.3 Å². The zero-order chi connectivity index (χ0) is 13.7. The minimum Gasteiger partial charge on any atom is -0.306 e. The number of halogens is 1. The summed E-state index contributed by atoms with van der Waals surface area (Å²) in [6.07, 6.45) is 1.15. The lowest BCUT2D eigenvalue weighted by Crippen LogP contribution is -2.24. The monoisotopic (exact) mass is 365 g/mol. The van der Waals surface area contributed by atoms with Gasteiger partial charge in [-0.1, -0.05) is 43.3 Å². The fraction of sp³-hybridized carbons (Fsp3) is 0.294. The number of hydrogen-bond acceptors (Lipinski definition) is 1. The average molecular weight is 365 g/mol. The van der Waals surface area contributed by atoms with Crippen LogP contribution in [0.2, 0.25) is 0 Å². The Morgan fingerprint density at radius 1 is 1.11 bits per heavy atom. The van der Waals surface area contributed by atoms with E-state index in [2.05, 4.69) is 90.3 Å². The Labute approximate surface area is 129 Å². The van der Waals surface area contributed by atoms with Crippen LogP contribution in [0.4, 0.5) is 0 Å². The lowest BCUT2D eigenvalue weighted by molar-refractivity contribution is 0.596. The molecule has 2 heteroatoms. The third-order valence-electron chi connectivity index (χ3n) is 3.28. The van der Waals surface area contributed by atoms with E-state index >= 15 is 0 Å². The largest absolute Gasteiger partial charge is 0.306 e. The molecule has 19 heavy (non-hydrogen) atoms. The first-order valence-electron chi connectivity index (χ1n) is 6.76. The van der Waals surface area contributed by atoms with Gasteiger partial charge in [0.05, 0.1) is 6.04 Å². The van der Waals surface area contributed by atoms with Crippen LogP contribution in [-0.4, -0.2) is 6.54 Å². The topological polar surface area (TPSA) is 12.0 Å². The van der Waals surface area contributed by atoms with Gasteiger partial charge >= 0.3 is 0 Å². The minimum absolute atomic E-state index is 0.288. The van der Waals surface area contributed by atoms with Crippen molar-refractivity contribution in [3.63, 3.8) is 0 Å². The van der Waals surface area contributed by atoms with Gasteiger partial charge < -0.3 is 5.32 Å². The molecule has 1 nitrogen and oxygen atoms in total. The summed E-state index contributed by atoms with van der Waals surface area (Å²) in [4.78, 5) is 0. The summed E-state index contributed by atoms with van der Waals surface area (Å²) in [5.41, 5.74) is 4.06. The molecule has 0 saturated carbocycles. The molecule has 0 aliphatic rings. The Hall–Kier alpha value is -0.870. The van der Waals surface area contributed by atoms with Crippen LogP contribution in [0.25, 0.3) is 0 Å². The minimum atomic E-state index is 0.288. The van der Waals surface area contributed by atoms with Gasteiger partial charge in [0.25, 0.3) is 0 Å². The fourth-order valence-corrected chi connectivity index (χ4v) is 2.86. The molecule has 2 aromatic rings. The van der Waals surface area contributed by atoms with E-state index in [-0.39, 0.29) is 6.04 Å². The van der Waals surface area contributed by atoms with Crippen molar-refractivity contribution in [1.29, 1.82) is 0 Å². The highest BCUT2D eigenvalue weighted by Crippen LogP contribution is 2.25. The van der Waals surface area contributed by atoms with E-state index in [1.807, 2.05) is 0 Å². The Bertz CT molecular complexity index is 536. The zero-order valence-electron chi connectivity index (χ0n) is 11.5. The van der Waals surface area contributed by atoms with Gasteiger partial charge in [-0.25, -0.2) is 0 Å². The third-order valence-corrected chi connectivity index (χ3v) is 3.95. The van der Waals surface area contributed by atoms with Gasteiger partial charge in [-0.2, -0.15) is 0 Å². The summed E-state index contributed by atoms with van der Waals surface area (Å²) < 4.78 is 1.28. The fourth-order valence-electron chi connectivity index (χ4n) is 2.29. The summed E-state index contributed by atoms with van der Waals surface area (Å²) in [6, 6.07) is 17.7. The van der Waals surface area contributed by atoms with E-state index in [0.29, 0.717) is 0 Å². The van der Waals surface area contributed by atoms with Gasteiger partial charge in [-0.3, -0.25) is 0 Å². The van der Waals surface area contributed by atoms with Crippen molar-refractivity contribution in [2.24, 2.45) is 0 Å². The van der Waals surface area contributed by atoms with Crippen molar-refractivity contribution in [3.05, 3.63) is 68.8 Å². The van der Waals surface area contributed by atoms with Crippen LogP contribution in [0, 0.1) is 10.5 Å². The molecule has 0 saturated heterocycles. The van der Waals surface area contributed by atoms with Gasteiger partial charge in [-0.05, 0) is 71.3 Å². The van der Waals surface area contributed by atoms with Crippen LogP contribution >= 0.6 is 22.6 Å². The summed E-state index contributed by atoms with van der Waals surface area (Å²) in [7, 11) is 0. The van der Waals surface area contributed by atoms with Crippen LogP contribution in [0.15, 0.2) is 48.5 Å². The molecule has 1 unspecified atom stereocenters. The predicted octanol–water partition coefficient (Wildman–Crippen LogP) is 4.69. The van der Waals surface area contributed by atoms with Gasteiger partial charge in [0.2, 0.25) is 0 Å². The highest BCUT2D eigenvalue weighted by atomic mass is 127. The van der Waals surface area contributed by atoms with E-state index in [9.17, 15) is 0 Å². The lowest BCUT2D eigenvalue weighted by Gasteiger charge is -2.21. The molecule has 0 heterocycles. The molecule has 0 radical (unpaired) electrons. The van der Waals surface area contributed by atoms with Crippen molar-refractivity contribution < 1.29 is 0 Å². The number of aryl methyl sites for hydroxylation is 1. The molecule has 2 aromatic carbocycles. The van der Waals surface area contributed by atoms with E-state index in [4.69, 9.17) is 0 Å². The molecule has 0 spiro atoms. The van der Waals surface area contributed by atoms with Crippen molar-refractivity contribution in [3.8, 4) is 0 Å². The molecule has 0 aliphatic heterocycles. The van der Waals surface area contributed by atoms with Gasteiger partial charge in [0.15, 0.2) is 0 Å². The molecule has 0 amide bonds. The first kappa shape index (κ1) is 14.5. The summed E-state index contributed by atoms with van der Waals surface area (Å²) >= 11 is 2.38. The molecule has 0 fully saturated rings. The number of nitrogens with one attached hydrogen (secondary N) is 1. The van der Waals surface area contributed by atoms with E-state index in [0.717, 1.165) is 13.0 Å². The van der Waals surface area contributed by atoms with Gasteiger partial charge in [0, 0.05) is 3.57 Å². The normalized spacial score (nSPS) is 12.4. The molecule has 0 bridgehead atoms. The molecule has 2 rings (SSSR count). The molecule has 0 aliphatic carbocycles. The summed E-state index contributed by atoms with van der Waals surface area (Å²) in [6.45, 7) is 5.42. The van der Waals surface area contributed by atoms with Gasteiger partial charge in [-0.15, -0.1) is 0 Å². The smallest absolute Gasteiger partial charge is 0.0579 e. The van der Waals surface area contributed by atoms with Crippen molar-refractivity contribution in [2.75, 3.05) is 6.54 Å². The van der Waals surface area contributed by atoms with E-state index in [1.54, 1.807) is 0 Å². The lowest BCUT2D eigenvalue weighted by atomic mass is 9.95. The predicted molar refractivity (Wildman–Crippen MR) is 90.5 cm³/mol. The van der Waals surface area contributed by atoms with Crippen LogP contribution in [0.3, 0.4) is 0 Å². The number of benzene rings is 2. The standard InChI is InChI=1S/C17H20IN/c1-3-11-19-17(14-8-6-9-15(18)12-14)16-10-5-4-7-13(16)2/h4-10,12,17,19H,3,11H2,1-2H3. The molecule has 100 valence electrons. The Balaban J connectivity index is 2.38. The first-order valence-corrected chi connectivity index (χ1v) is 7.84. The maximum absolute atomic E-state index is 3.67. The maximum Gasteiger partial charge on any atom is 0.0579 e. The second kappa shape index (κ2) is 7.06. The number of hydrogen-bond donors (Lipinski definition) is 1. The Morgan fingerprint density at radius 2 is 1.89 bits per heavy atom. The van der Waals surface area contributed by atoms with Crippen LogP contribution < -0.4 is 5.32 Å². The second-order valence-corrected chi connectivity index (χ2v) is 6.04. The van der Waals surface area contributed by atoms with Crippen molar-refractivity contribution in [2.45, 2.75) is 26.3 Å². The molecule has 0 aromatic heterocycles. The van der Waals surface area contributed by atoms with Crippen molar-refractivity contribution >= 4 is 22.6 Å². The molecule has 1 N–H and O–H groups in total. The summed E-state index contributed by atoms with van der Waals surface area (Å²) in [5, 5.41) is 3.67. The molecular weight excluding hydrogens is 345 g/mol. The Morgan fingerprint density at radius 3 is 2.58 bits per heavy atom. The highest BCUT2D eigenvalue weighted by Gasteiger charge is 2.15. The third kappa shape index (κ3) is 3.80. The van der Waals surface area contributed by atoms with Crippen LogP contribution in [0.1, 0.15) is 36.1 Å². The van der Waals surface area contributed by atoms with Crippen LogP contribution in [-0.2, 0) is 0 Å². The van der Waals surface area contributed by atoms with Crippen LogP contribution in [0.5, 0.6) is 0 Å². The molecular formula is C17H20IN. The Kier molecular flexibility index (Phi) is 5.40. The van der Waals surface area contributed by atoms with Gasteiger partial charge in [0.1, 0.15) is 0 Å². The van der Waals surface area contributed by atoms with Crippen molar-refractivity contribution in [1.82, 2.24) is 5.32 Å². The summed E-state index contributed by atoms with van der Waals surface area (Å²) in [5.74, 6) is 0. The average Bonchev–Trinajstić information content (AvgIpc) is 2.41. The second-order valence-electron chi connectivity index (χ2n) is 4.80. The quantitative estimate of drug-likeness (QED) is 0.759. The SMILES string of the molecule is CCCNC(c1cccc(I)c1)c1ccccc1C.